The van der Waals surface area contributed by atoms with Gasteiger partial charge in [0.2, 0.25) is 0 Å². The largest absolute Gasteiger partial charge is 0.467 e. The summed E-state index contributed by atoms with van der Waals surface area (Å²) < 4.78 is 45.5. The molecule has 26 heavy (non-hydrogen) atoms. The predicted molar refractivity (Wildman–Crippen MR) is 92.3 cm³/mol. The van der Waals surface area contributed by atoms with E-state index in [1.54, 1.807) is 6.20 Å². The second-order valence-corrected chi connectivity index (χ2v) is 6.26. The number of carbonyl (C=O) groups excluding carboxylic acids is 1. The second kappa shape index (κ2) is 8.31. The number of alkyl halides is 2. The van der Waals surface area contributed by atoms with Gasteiger partial charge in [0.15, 0.2) is 0 Å². The predicted octanol–water partition coefficient (Wildman–Crippen LogP) is 3.91. The molecule has 4 nitrogen and oxygen atoms in total. The van der Waals surface area contributed by atoms with E-state index in [9.17, 15) is 18.0 Å². The molecule has 7 heteroatoms. The van der Waals surface area contributed by atoms with Crippen LogP contribution in [0.3, 0.4) is 0 Å². The minimum absolute atomic E-state index is 0.277. The maximum atomic E-state index is 13.7. The molecule has 0 fully saturated rings. The van der Waals surface area contributed by atoms with E-state index in [0.717, 1.165) is 23.4 Å². The van der Waals surface area contributed by atoms with Crippen molar-refractivity contribution in [3.05, 3.63) is 53.1 Å². The number of aryl methyl sites for hydroxylation is 1. The summed E-state index contributed by atoms with van der Waals surface area (Å²) >= 11 is 0. The summed E-state index contributed by atoms with van der Waals surface area (Å²) in [5.74, 6) is -4.20. The first-order valence-electron chi connectivity index (χ1n) is 8.10. The zero-order chi connectivity index (χ0) is 19.3. The average molecular weight is 366 g/mol. The highest BCUT2D eigenvalue weighted by Gasteiger charge is 2.28. The van der Waals surface area contributed by atoms with Crippen LogP contribution in [0.1, 0.15) is 23.7 Å². The number of carbonyl (C=O) groups is 1. The number of benzene rings is 1. The van der Waals surface area contributed by atoms with Crippen LogP contribution in [0.25, 0.3) is 11.1 Å². The first-order chi connectivity index (χ1) is 12.2. The summed E-state index contributed by atoms with van der Waals surface area (Å²) in [5.41, 5.74) is 2.18. The van der Waals surface area contributed by atoms with E-state index in [4.69, 9.17) is 0 Å². The van der Waals surface area contributed by atoms with Crippen LogP contribution in [0.15, 0.2) is 30.5 Å². The van der Waals surface area contributed by atoms with Gasteiger partial charge in [0, 0.05) is 37.5 Å². The Morgan fingerprint density at radius 2 is 2.00 bits per heavy atom. The molecule has 0 saturated carbocycles. The fraction of sp³-hybridized carbons (Fsp3) is 0.368. The van der Waals surface area contributed by atoms with Gasteiger partial charge in [-0.15, -0.1) is 0 Å². The van der Waals surface area contributed by atoms with Crippen molar-refractivity contribution in [3.8, 4) is 11.1 Å². The molecule has 2 aromatic rings. The zero-order valence-electron chi connectivity index (χ0n) is 14.9. The molecule has 1 aromatic heterocycles. The standard InChI is InChI=1S/C19H21F3N2O2/c1-13-16(11-24(3)6-7-26-12-25)8-15(10-23-13)14-4-5-18(20)17(9-14)19(2,21)22/h4-5,8-10,12H,6-7,11H2,1-3H3. The second-order valence-electron chi connectivity index (χ2n) is 6.26. The molecule has 0 amide bonds. The molecule has 1 heterocycles. The zero-order valence-corrected chi connectivity index (χ0v) is 14.9. The smallest absolute Gasteiger partial charge is 0.293 e. The summed E-state index contributed by atoms with van der Waals surface area (Å²) in [6.45, 7) is 4.30. The molecule has 0 radical (unpaired) electrons. The van der Waals surface area contributed by atoms with Gasteiger partial charge < -0.3 is 4.74 Å². The third kappa shape index (κ3) is 5.05. The highest BCUT2D eigenvalue weighted by atomic mass is 19.3. The van der Waals surface area contributed by atoms with Gasteiger partial charge in [-0.1, -0.05) is 6.07 Å². The van der Waals surface area contributed by atoms with Gasteiger partial charge in [0.1, 0.15) is 12.4 Å². The SMILES string of the molecule is Cc1ncc(-c2ccc(F)c(C(C)(F)F)c2)cc1CN(C)CCOC=O. The molecule has 0 unspecified atom stereocenters. The van der Waals surface area contributed by atoms with Gasteiger partial charge in [0.25, 0.3) is 12.4 Å². The summed E-state index contributed by atoms with van der Waals surface area (Å²) in [6, 6.07) is 5.52. The minimum Gasteiger partial charge on any atom is -0.467 e. The normalized spacial score (nSPS) is 11.7. The number of aromatic nitrogens is 1. The highest BCUT2D eigenvalue weighted by molar-refractivity contribution is 5.64. The molecular weight excluding hydrogens is 345 g/mol. The fourth-order valence-electron chi connectivity index (χ4n) is 2.56. The molecule has 1 aromatic carbocycles. The summed E-state index contributed by atoms with van der Waals surface area (Å²) in [7, 11) is 1.87. The number of rotatable bonds is 8. The van der Waals surface area contributed by atoms with Gasteiger partial charge in [-0.3, -0.25) is 14.7 Å². The molecule has 0 aliphatic rings. The molecule has 0 spiro atoms. The van der Waals surface area contributed by atoms with Gasteiger partial charge in [-0.05, 0) is 43.3 Å². The van der Waals surface area contributed by atoms with E-state index in [0.29, 0.717) is 37.6 Å². The van der Waals surface area contributed by atoms with Crippen molar-refractivity contribution in [2.45, 2.75) is 26.3 Å². The van der Waals surface area contributed by atoms with E-state index < -0.39 is 17.3 Å². The van der Waals surface area contributed by atoms with Crippen LogP contribution in [-0.2, 0) is 22.0 Å². The average Bonchev–Trinajstić information content (AvgIpc) is 2.56. The lowest BCUT2D eigenvalue weighted by Crippen LogP contribution is -2.23. The van der Waals surface area contributed by atoms with Gasteiger partial charge in [-0.25, -0.2) is 13.2 Å². The lowest BCUT2D eigenvalue weighted by atomic mass is 9.99. The van der Waals surface area contributed by atoms with Crippen molar-refractivity contribution in [2.75, 3.05) is 20.2 Å². The Kier molecular flexibility index (Phi) is 6.37. The quantitative estimate of drug-likeness (QED) is 0.525. The van der Waals surface area contributed by atoms with Crippen molar-refractivity contribution in [1.82, 2.24) is 9.88 Å². The third-order valence-corrected chi connectivity index (χ3v) is 4.06. The highest BCUT2D eigenvalue weighted by Crippen LogP contribution is 2.33. The topological polar surface area (TPSA) is 42.4 Å². The summed E-state index contributed by atoms with van der Waals surface area (Å²) in [5, 5.41) is 0. The fourth-order valence-corrected chi connectivity index (χ4v) is 2.56. The Hall–Kier alpha value is -2.41. The maximum Gasteiger partial charge on any atom is 0.293 e. The molecular formula is C19H21F3N2O2. The van der Waals surface area contributed by atoms with Crippen molar-refractivity contribution < 1.29 is 22.7 Å². The first-order valence-corrected chi connectivity index (χ1v) is 8.10. The Morgan fingerprint density at radius 3 is 2.65 bits per heavy atom. The number of pyridine rings is 1. The van der Waals surface area contributed by atoms with Crippen LogP contribution < -0.4 is 0 Å². The number of ether oxygens (including phenoxy) is 1. The van der Waals surface area contributed by atoms with Crippen molar-refractivity contribution in [2.24, 2.45) is 0 Å². The summed E-state index contributed by atoms with van der Waals surface area (Å²) in [4.78, 5) is 16.5. The third-order valence-electron chi connectivity index (χ3n) is 4.06. The maximum absolute atomic E-state index is 13.7. The van der Waals surface area contributed by atoms with E-state index in [-0.39, 0.29) is 6.61 Å². The van der Waals surface area contributed by atoms with Crippen molar-refractivity contribution >= 4 is 6.47 Å². The molecule has 0 bridgehead atoms. The van der Waals surface area contributed by atoms with E-state index in [2.05, 4.69) is 9.72 Å². The Bertz CT molecular complexity index is 776. The molecule has 0 aliphatic carbocycles. The van der Waals surface area contributed by atoms with Crippen LogP contribution in [0, 0.1) is 12.7 Å². The number of halogens is 3. The van der Waals surface area contributed by atoms with Crippen LogP contribution in [0.2, 0.25) is 0 Å². The molecule has 0 N–H and O–H groups in total. The molecule has 2 rings (SSSR count). The number of likely N-dealkylation sites (N-methyl/N-ethyl adjacent to an activating group) is 1. The number of hydrogen-bond donors (Lipinski definition) is 0. The molecule has 0 aliphatic heterocycles. The van der Waals surface area contributed by atoms with Gasteiger partial charge in [-0.2, -0.15) is 0 Å². The van der Waals surface area contributed by atoms with Crippen molar-refractivity contribution in [1.29, 1.82) is 0 Å². The van der Waals surface area contributed by atoms with Crippen molar-refractivity contribution in [3.63, 3.8) is 0 Å². The number of nitrogens with zero attached hydrogens (tertiary/aromatic N) is 2. The van der Waals surface area contributed by atoms with Crippen LogP contribution in [0.4, 0.5) is 13.2 Å². The molecule has 140 valence electrons. The van der Waals surface area contributed by atoms with Crippen LogP contribution >= 0.6 is 0 Å². The lowest BCUT2D eigenvalue weighted by Gasteiger charge is -2.18. The lowest BCUT2D eigenvalue weighted by molar-refractivity contribution is -0.129. The molecule has 0 saturated heterocycles. The first kappa shape index (κ1) is 19.9. The molecule has 0 atom stereocenters. The summed E-state index contributed by atoms with van der Waals surface area (Å²) in [6.07, 6.45) is 1.58. The monoisotopic (exact) mass is 366 g/mol. The van der Waals surface area contributed by atoms with Crippen LogP contribution in [-0.4, -0.2) is 36.6 Å². The Balaban J connectivity index is 2.28. The Morgan fingerprint density at radius 1 is 1.27 bits per heavy atom. The van der Waals surface area contributed by atoms with Gasteiger partial charge in [0.05, 0.1) is 5.56 Å². The van der Waals surface area contributed by atoms with E-state index in [1.165, 1.54) is 6.07 Å². The minimum atomic E-state index is -3.26. The van der Waals surface area contributed by atoms with E-state index in [1.807, 2.05) is 24.9 Å². The van der Waals surface area contributed by atoms with Gasteiger partial charge >= 0.3 is 0 Å². The Labute approximate surface area is 150 Å². The van der Waals surface area contributed by atoms with E-state index >= 15 is 0 Å². The van der Waals surface area contributed by atoms with Crippen LogP contribution in [0.5, 0.6) is 0 Å². The number of hydrogen-bond acceptors (Lipinski definition) is 4.